The lowest BCUT2D eigenvalue weighted by Crippen LogP contribution is -2.31. The van der Waals surface area contributed by atoms with Gasteiger partial charge < -0.3 is 10.0 Å². The summed E-state index contributed by atoms with van der Waals surface area (Å²) in [7, 11) is 0. The van der Waals surface area contributed by atoms with Crippen LogP contribution in [0.3, 0.4) is 0 Å². The highest BCUT2D eigenvalue weighted by atomic mass is 32.1. The summed E-state index contributed by atoms with van der Waals surface area (Å²) in [5, 5.41) is 10.1. The van der Waals surface area contributed by atoms with Crippen LogP contribution in [0.15, 0.2) is 18.2 Å². The first-order valence-corrected chi connectivity index (χ1v) is 7.38. The summed E-state index contributed by atoms with van der Waals surface area (Å²) in [4.78, 5) is 17.9. The number of carboxylic acids is 1. The van der Waals surface area contributed by atoms with Gasteiger partial charge in [-0.2, -0.15) is 4.37 Å². The summed E-state index contributed by atoms with van der Waals surface area (Å²) in [5.74, 6) is 0.0227. The van der Waals surface area contributed by atoms with Crippen LogP contribution in [0.25, 0.3) is 0 Å². The van der Waals surface area contributed by atoms with Crippen molar-refractivity contribution in [2.75, 3.05) is 11.4 Å². The molecule has 0 amide bonds. The van der Waals surface area contributed by atoms with E-state index in [-0.39, 0.29) is 0 Å². The second-order valence-electron chi connectivity index (χ2n) is 4.77. The molecule has 3 rings (SSSR count). The largest absolute Gasteiger partial charge is 0.478 e. The molecular weight excluding hydrogens is 274 g/mol. The number of aromatic carboxylic acids is 1. The van der Waals surface area contributed by atoms with Gasteiger partial charge in [-0.25, -0.2) is 9.78 Å². The average molecular weight is 289 g/mol. The Morgan fingerprint density at radius 2 is 2.35 bits per heavy atom. The molecule has 5 nitrogen and oxygen atoms in total. The summed E-state index contributed by atoms with van der Waals surface area (Å²) < 4.78 is 4.31. The van der Waals surface area contributed by atoms with E-state index in [1.54, 1.807) is 6.07 Å². The molecule has 1 aromatic carbocycles. The molecule has 6 heteroatoms. The summed E-state index contributed by atoms with van der Waals surface area (Å²) in [6.07, 6.45) is 1.57. The standard InChI is InChI=1S/C14H15N3O2S/c1-2-12-15-14(20-16-12)17-7-6-10-9(8-17)4-3-5-11(10)13(18)19/h3-5H,2,6-8H2,1H3,(H,18,19). The zero-order valence-electron chi connectivity index (χ0n) is 11.2. The van der Waals surface area contributed by atoms with Crippen molar-refractivity contribution in [1.29, 1.82) is 0 Å². The molecule has 1 aliphatic rings. The minimum absolute atomic E-state index is 0.425. The Morgan fingerprint density at radius 3 is 3.05 bits per heavy atom. The first-order valence-electron chi connectivity index (χ1n) is 6.60. The normalized spacial score (nSPS) is 14.2. The first-order chi connectivity index (χ1) is 9.69. The highest BCUT2D eigenvalue weighted by molar-refractivity contribution is 7.09. The zero-order valence-corrected chi connectivity index (χ0v) is 12.0. The van der Waals surface area contributed by atoms with Crippen LogP contribution >= 0.6 is 11.5 Å². The average Bonchev–Trinajstić information content (AvgIpc) is 2.94. The van der Waals surface area contributed by atoms with Gasteiger partial charge in [0.15, 0.2) is 0 Å². The molecule has 20 heavy (non-hydrogen) atoms. The van der Waals surface area contributed by atoms with E-state index in [1.165, 1.54) is 11.5 Å². The fourth-order valence-corrected chi connectivity index (χ4v) is 3.26. The Balaban J connectivity index is 1.89. The van der Waals surface area contributed by atoms with Gasteiger partial charge in [0, 0.05) is 31.0 Å². The van der Waals surface area contributed by atoms with Gasteiger partial charge in [0.2, 0.25) is 5.13 Å². The monoisotopic (exact) mass is 289 g/mol. The molecule has 0 saturated carbocycles. The van der Waals surface area contributed by atoms with Gasteiger partial charge in [0.25, 0.3) is 0 Å². The molecule has 0 fully saturated rings. The maximum Gasteiger partial charge on any atom is 0.335 e. The minimum atomic E-state index is -0.848. The predicted octanol–water partition coefficient (Wildman–Crippen LogP) is 2.36. The number of nitrogens with zero attached hydrogens (tertiary/aromatic N) is 3. The Labute approximate surface area is 121 Å². The van der Waals surface area contributed by atoms with E-state index in [0.717, 1.165) is 41.5 Å². The van der Waals surface area contributed by atoms with Gasteiger partial charge in [0.05, 0.1) is 5.56 Å². The minimum Gasteiger partial charge on any atom is -0.478 e. The van der Waals surface area contributed by atoms with Gasteiger partial charge in [0.1, 0.15) is 5.82 Å². The van der Waals surface area contributed by atoms with Crippen LogP contribution in [0.2, 0.25) is 0 Å². The number of hydrogen-bond donors (Lipinski definition) is 1. The number of carboxylic acid groups (broad SMARTS) is 1. The highest BCUT2D eigenvalue weighted by Crippen LogP contribution is 2.27. The van der Waals surface area contributed by atoms with Gasteiger partial charge >= 0.3 is 5.97 Å². The molecule has 2 heterocycles. The number of aryl methyl sites for hydroxylation is 1. The number of fused-ring (bicyclic) bond motifs is 1. The number of aromatic nitrogens is 2. The van der Waals surface area contributed by atoms with Crippen molar-refractivity contribution in [3.63, 3.8) is 0 Å². The molecule has 0 unspecified atom stereocenters. The van der Waals surface area contributed by atoms with Gasteiger partial charge in [-0.15, -0.1) is 0 Å². The number of carbonyl (C=O) groups is 1. The number of anilines is 1. The molecule has 0 bridgehead atoms. The van der Waals surface area contributed by atoms with E-state index in [1.807, 2.05) is 19.1 Å². The molecule has 1 N–H and O–H groups in total. The van der Waals surface area contributed by atoms with E-state index < -0.39 is 5.97 Å². The first kappa shape index (κ1) is 13.1. The van der Waals surface area contributed by atoms with E-state index in [0.29, 0.717) is 12.1 Å². The van der Waals surface area contributed by atoms with Crippen molar-refractivity contribution in [2.24, 2.45) is 0 Å². The number of hydrogen-bond acceptors (Lipinski definition) is 5. The lowest BCUT2D eigenvalue weighted by Gasteiger charge is -2.28. The van der Waals surface area contributed by atoms with E-state index in [2.05, 4.69) is 14.3 Å². The van der Waals surface area contributed by atoms with Crippen LogP contribution in [-0.2, 0) is 19.4 Å². The van der Waals surface area contributed by atoms with E-state index >= 15 is 0 Å². The van der Waals surface area contributed by atoms with Crippen molar-refractivity contribution >= 4 is 22.6 Å². The quantitative estimate of drug-likeness (QED) is 0.939. The molecule has 1 aromatic heterocycles. The smallest absolute Gasteiger partial charge is 0.335 e. The summed E-state index contributed by atoms with van der Waals surface area (Å²) in [5.41, 5.74) is 2.45. The summed E-state index contributed by atoms with van der Waals surface area (Å²) >= 11 is 1.41. The molecule has 1 aliphatic heterocycles. The molecule has 0 spiro atoms. The Morgan fingerprint density at radius 1 is 1.50 bits per heavy atom. The second-order valence-corrected chi connectivity index (χ2v) is 5.50. The fourth-order valence-electron chi connectivity index (χ4n) is 2.49. The Hall–Kier alpha value is -1.95. The van der Waals surface area contributed by atoms with Crippen molar-refractivity contribution in [1.82, 2.24) is 9.36 Å². The third-order valence-corrected chi connectivity index (χ3v) is 4.36. The molecule has 0 radical (unpaired) electrons. The van der Waals surface area contributed by atoms with Crippen molar-refractivity contribution in [3.8, 4) is 0 Å². The van der Waals surface area contributed by atoms with Crippen LogP contribution in [-0.4, -0.2) is 27.0 Å². The van der Waals surface area contributed by atoms with E-state index in [9.17, 15) is 9.90 Å². The maximum atomic E-state index is 11.2. The molecular formula is C14H15N3O2S. The van der Waals surface area contributed by atoms with Crippen molar-refractivity contribution in [3.05, 3.63) is 40.7 Å². The van der Waals surface area contributed by atoms with Crippen molar-refractivity contribution in [2.45, 2.75) is 26.3 Å². The van der Waals surface area contributed by atoms with Crippen LogP contribution in [0.1, 0.15) is 34.2 Å². The topological polar surface area (TPSA) is 66.3 Å². The molecule has 0 atom stereocenters. The Bertz CT molecular complexity index is 654. The SMILES string of the molecule is CCc1nsc(N2CCc3c(cccc3C(=O)O)C2)n1. The van der Waals surface area contributed by atoms with Crippen LogP contribution in [0.4, 0.5) is 5.13 Å². The Kier molecular flexibility index (Phi) is 3.40. The molecule has 104 valence electrons. The molecule has 0 aliphatic carbocycles. The summed E-state index contributed by atoms with van der Waals surface area (Å²) in [6, 6.07) is 5.48. The van der Waals surface area contributed by atoms with Gasteiger partial charge in [-0.3, -0.25) is 0 Å². The lowest BCUT2D eigenvalue weighted by atomic mass is 9.95. The molecule has 0 saturated heterocycles. The fraction of sp³-hybridized carbons (Fsp3) is 0.357. The van der Waals surface area contributed by atoms with Crippen molar-refractivity contribution < 1.29 is 9.90 Å². The maximum absolute atomic E-state index is 11.2. The third-order valence-electron chi connectivity index (χ3n) is 3.54. The van der Waals surface area contributed by atoms with Gasteiger partial charge in [-0.1, -0.05) is 19.1 Å². The number of benzene rings is 1. The highest BCUT2D eigenvalue weighted by Gasteiger charge is 2.23. The molecule has 2 aromatic rings. The zero-order chi connectivity index (χ0) is 14.1. The number of rotatable bonds is 3. The second kappa shape index (κ2) is 5.20. The van der Waals surface area contributed by atoms with Crippen LogP contribution < -0.4 is 4.90 Å². The lowest BCUT2D eigenvalue weighted by molar-refractivity contribution is 0.0695. The predicted molar refractivity (Wildman–Crippen MR) is 77.4 cm³/mol. The van der Waals surface area contributed by atoms with E-state index in [4.69, 9.17) is 0 Å². The van der Waals surface area contributed by atoms with Crippen LogP contribution in [0.5, 0.6) is 0 Å². The van der Waals surface area contributed by atoms with Gasteiger partial charge in [-0.05, 0) is 23.6 Å². The van der Waals surface area contributed by atoms with Crippen LogP contribution in [0, 0.1) is 0 Å². The third kappa shape index (κ3) is 2.27. The summed E-state index contributed by atoms with van der Waals surface area (Å²) in [6.45, 7) is 3.53.